The van der Waals surface area contributed by atoms with E-state index in [1.165, 1.54) is 37.2 Å². The second kappa shape index (κ2) is 8.15. The third-order valence-electron chi connectivity index (χ3n) is 6.46. The molecule has 2 fully saturated rings. The van der Waals surface area contributed by atoms with E-state index in [1.54, 1.807) is 0 Å². The highest BCUT2D eigenvalue weighted by Gasteiger charge is 2.34. The third-order valence-corrected chi connectivity index (χ3v) is 6.46. The van der Waals surface area contributed by atoms with Gasteiger partial charge >= 0.3 is 0 Å². The maximum atomic E-state index is 13.2. The van der Waals surface area contributed by atoms with Crippen LogP contribution in [0.2, 0.25) is 0 Å². The summed E-state index contributed by atoms with van der Waals surface area (Å²) in [4.78, 5) is 17.7. The number of piperidine rings is 1. The standard InChI is InChI=1S/C21H32N4O2/c1-3-8-25-19-5-4-17(23-9-6-16(2)7-10-23)15-18(19)20(22-25)21(26)24-11-13-27-14-12-24/h3,16-17H,1,4-15H2,2H3/t17-/m0/s1. The highest BCUT2D eigenvalue weighted by molar-refractivity contribution is 5.94. The minimum atomic E-state index is 0.0743. The SMILES string of the molecule is C=CCn1nc(C(=O)N2CCOCC2)c2c1CC[C@H](N1CCC(C)CC1)C2. The zero-order valence-corrected chi connectivity index (χ0v) is 16.5. The summed E-state index contributed by atoms with van der Waals surface area (Å²) in [5.74, 6) is 0.916. The summed E-state index contributed by atoms with van der Waals surface area (Å²) >= 11 is 0. The molecule has 0 aromatic carbocycles. The number of aromatic nitrogens is 2. The molecule has 3 aliphatic rings. The predicted molar refractivity (Wildman–Crippen MR) is 105 cm³/mol. The molecule has 6 heteroatoms. The lowest BCUT2D eigenvalue weighted by Crippen LogP contribution is -2.44. The number of hydrogen-bond donors (Lipinski definition) is 0. The average molecular weight is 373 g/mol. The molecule has 0 saturated carbocycles. The van der Waals surface area contributed by atoms with Gasteiger partial charge in [-0.25, -0.2) is 0 Å². The summed E-state index contributed by atoms with van der Waals surface area (Å²) < 4.78 is 7.41. The van der Waals surface area contributed by atoms with Crippen LogP contribution in [0.1, 0.15) is 47.9 Å². The number of ether oxygens (including phenoxy) is 1. The lowest BCUT2D eigenvalue weighted by molar-refractivity contribution is 0.0297. The number of amides is 1. The van der Waals surface area contributed by atoms with Crippen molar-refractivity contribution in [1.29, 1.82) is 0 Å². The van der Waals surface area contributed by atoms with E-state index < -0.39 is 0 Å². The number of allylic oxidation sites excluding steroid dienone is 1. The Kier molecular flexibility index (Phi) is 5.64. The Morgan fingerprint density at radius 1 is 1.22 bits per heavy atom. The van der Waals surface area contributed by atoms with Gasteiger partial charge in [0.25, 0.3) is 5.91 Å². The van der Waals surface area contributed by atoms with Crippen molar-refractivity contribution < 1.29 is 9.53 Å². The number of hydrogen-bond acceptors (Lipinski definition) is 4. The van der Waals surface area contributed by atoms with Crippen LogP contribution >= 0.6 is 0 Å². The van der Waals surface area contributed by atoms with E-state index in [1.807, 2.05) is 15.7 Å². The molecule has 0 radical (unpaired) electrons. The monoisotopic (exact) mass is 372 g/mol. The van der Waals surface area contributed by atoms with Crippen molar-refractivity contribution in [3.63, 3.8) is 0 Å². The van der Waals surface area contributed by atoms with Gasteiger partial charge in [-0.05, 0) is 51.1 Å². The minimum Gasteiger partial charge on any atom is -0.378 e. The molecule has 148 valence electrons. The second-order valence-electron chi connectivity index (χ2n) is 8.26. The normalized spacial score (nSPS) is 24.6. The summed E-state index contributed by atoms with van der Waals surface area (Å²) in [6, 6.07) is 0.544. The molecule has 2 aliphatic heterocycles. The van der Waals surface area contributed by atoms with Crippen LogP contribution in [0.15, 0.2) is 12.7 Å². The maximum Gasteiger partial charge on any atom is 0.274 e. The first-order chi connectivity index (χ1) is 13.2. The van der Waals surface area contributed by atoms with E-state index in [0.29, 0.717) is 44.6 Å². The molecule has 1 atom stereocenters. The van der Waals surface area contributed by atoms with Crippen LogP contribution in [0.5, 0.6) is 0 Å². The quantitative estimate of drug-likeness (QED) is 0.760. The van der Waals surface area contributed by atoms with Crippen molar-refractivity contribution in [3.05, 3.63) is 29.6 Å². The van der Waals surface area contributed by atoms with Crippen molar-refractivity contribution >= 4 is 5.91 Å². The average Bonchev–Trinajstić information content (AvgIpc) is 3.07. The van der Waals surface area contributed by atoms with Crippen molar-refractivity contribution in [2.45, 2.75) is 51.6 Å². The fraction of sp³-hybridized carbons (Fsp3) is 0.714. The van der Waals surface area contributed by atoms with Crippen LogP contribution in [0.3, 0.4) is 0 Å². The topological polar surface area (TPSA) is 50.6 Å². The van der Waals surface area contributed by atoms with Gasteiger partial charge in [0, 0.05) is 30.4 Å². The van der Waals surface area contributed by atoms with Gasteiger partial charge in [0.1, 0.15) is 0 Å². The highest BCUT2D eigenvalue weighted by atomic mass is 16.5. The van der Waals surface area contributed by atoms with E-state index in [9.17, 15) is 4.79 Å². The van der Waals surface area contributed by atoms with Crippen molar-refractivity contribution in [1.82, 2.24) is 19.6 Å². The number of carbonyl (C=O) groups excluding carboxylic acids is 1. The Labute approximate surface area is 162 Å². The number of nitrogens with zero attached hydrogens (tertiary/aromatic N) is 4. The smallest absolute Gasteiger partial charge is 0.274 e. The molecule has 1 aromatic rings. The molecule has 6 nitrogen and oxygen atoms in total. The van der Waals surface area contributed by atoms with Crippen LogP contribution < -0.4 is 0 Å². The van der Waals surface area contributed by atoms with Gasteiger partial charge in [0.15, 0.2) is 5.69 Å². The largest absolute Gasteiger partial charge is 0.378 e. The Bertz CT molecular complexity index is 685. The molecular weight excluding hydrogens is 340 g/mol. The summed E-state index contributed by atoms with van der Waals surface area (Å²) in [7, 11) is 0. The van der Waals surface area contributed by atoms with Crippen LogP contribution in [-0.2, 0) is 24.1 Å². The number of carbonyl (C=O) groups is 1. The third kappa shape index (κ3) is 3.83. The fourth-order valence-electron chi connectivity index (χ4n) is 4.74. The molecule has 0 spiro atoms. The second-order valence-corrected chi connectivity index (χ2v) is 8.26. The zero-order chi connectivity index (χ0) is 18.8. The van der Waals surface area contributed by atoms with Crippen LogP contribution in [0, 0.1) is 5.92 Å². The molecular formula is C21H32N4O2. The lowest BCUT2D eigenvalue weighted by Gasteiger charge is -2.38. The summed E-state index contributed by atoms with van der Waals surface area (Å²) in [5, 5.41) is 4.74. The van der Waals surface area contributed by atoms with Gasteiger partial charge in [0.05, 0.1) is 19.8 Å². The zero-order valence-electron chi connectivity index (χ0n) is 16.5. The first-order valence-electron chi connectivity index (χ1n) is 10.5. The first kappa shape index (κ1) is 18.7. The summed E-state index contributed by atoms with van der Waals surface area (Å²) in [6.07, 6.45) is 7.57. The van der Waals surface area contributed by atoms with Crippen molar-refractivity contribution in [3.8, 4) is 0 Å². The van der Waals surface area contributed by atoms with Gasteiger partial charge in [-0.2, -0.15) is 5.10 Å². The molecule has 3 heterocycles. The molecule has 0 N–H and O–H groups in total. The van der Waals surface area contributed by atoms with E-state index >= 15 is 0 Å². The number of likely N-dealkylation sites (tertiary alicyclic amines) is 1. The molecule has 1 aliphatic carbocycles. The summed E-state index contributed by atoms with van der Waals surface area (Å²) in [6.45, 7) is 11.8. The highest BCUT2D eigenvalue weighted by Crippen LogP contribution is 2.30. The van der Waals surface area contributed by atoms with Crippen molar-refractivity contribution in [2.75, 3.05) is 39.4 Å². The van der Waals surface area contributed by atoms with E-state index in [0.717, 1.165) is 25.2 Å². The Morgan fingerprint density at radius 2 is 1.96 bits per heavy atom. The molecule has 4 rings (SSSR count). The van der Waals surface area contributed by atoms with Gasteiger partial charge in [-0.3, -0.25) is 9.48 Å². The van der Waals surface area contributed by atoms with E-state index in [4.69, 9.17) is 9.84 Å². The lowest BCUT2D eigenvalue weighted by atomic mass is 9.88. The Morgan fingerprint density at radius 3 is 2.67 bits per heavy atom. The van der Waals surface area contributed by atoms with Gasteiger partial charge in [0.2, 0.25) is 0 Å². The maximum absolute atomic E-state index is 13.2. The molecule has 1 amide bonds. The minimum absolute atomic E-state index is 0.0743. The number of fused-ring (bicyclic) bond motifs is 1. The Balaban J connectivity index is 1.57. The molecule has 0 bridgehead atoms. The van der Waals surface area contributed by atoms with Gasteiger partial charge in [-0.15, -0.1) is 6.58 Å². The summed E-state index contributed by atoms with van der Waals surface area (Å²) in [5.41, 5.74) is 3.10. The fourth-order valence-corrected chi connectivity index (χ4v) is 4.74. The molecule has 2 saturated heterocycles. The van der Waals surface area contributed by atoms with Crippen LogP contribution in [0.25, 0.3) is 0 Å². The van der Waals surface area contributed by atoms with Crippen LogP contribution in [0.4, 0.5) is 0 Å². The van der Waals surface area contributed by atoms with Gasteiger partial charge < -0.3 is 14.5 Å². The predicted octanol–water partition coefficient (Wildman–Crippen LogP) is 2.13. The molecule has 0 unspecified atom stereocenters. The van der Waals surface area contributed by atoms with Crippen LogP contribution in [-0.4, -0.2) is 70.9 Å². The number of morpholine rings is 1. The Hall–Kier alpha value is -1.66. The van der Waals surface area contributed by atoms with E-state index in [-0.39, 0.29) is 5.91 Å². The molecule has 27 heavy (non-hydrogen) atoms. The molecule has 1 aromatic heterocycles. The first-order valence-corrected chi connectivity index (χ1v) is 10.5. The van der Waals surface area contributed by atoms with Gasteiger partial charge in [-0.1, -0.05) is 13.0 Å². The number of rotatable bonds is 4. The van der Waals surface area contributed by atoms with E-state index in [2.05, 4.69) is 18.4 Å². The van der Waals surface area contributed by atoms with Crippen molar-refractivity contribution in [2.24, 2.45) is 5.92 Å².